The summed E-state index contributed by atoms with van der Waals surface area (Å²) in [5, 5.41) is 0.518. The second kappa shape index (κ2) is 8.15. The largest absolute Gasteiger partial charge is 0.492 e. The molecule has 1 heterocycles. The fourth-order valence-corrected chi connectivity index (χ4v) is 3.47. The lowest BCUT2D eigenvalue weighted by Crippen LogP contribution is -2.28. The second-order valence-corrected chi connectivity index (χ2v) is 8.40. The number of carbonyl (C=O) groups is 2. The second-order valence-electron chi connectivity index (χ2n) is 7.28. The number of ether oxygens (including phenoxy) is 2. The van der Waals surface area contributed by atoms with Gasteiger partial charge in [-0.2, -0.15) is 0 Å². The van der Waals surface area contributed by atoms with E-state index in [1.807, 2.05) is 12.1 Å². The maximum Gasteiger partial charge on any atom is 0.173 e. The van der Waals surface area contributed by atoms with Gasteiger partial charge in [-0.1, -0.05) is 57.8 Å². The first-order chi connectivity index (χ1) is 12.8. The number of hydrogen-bond acceptors (Lipinski definition) is 4. The fourth-order valence-electron chi connectivity index (χ4n) is 2.82. The molecule has 2 aromatic rings. The molecular weight excluding hydrogens is 476 g/mol. The Morgan fingerprint density at radius 3 is 1.63 bits per heavy atom. The number of Topliss-reactive ketones (excluding diaryl/α,β-unsaturated/α-hetero) is 2. The lowest BCUT2D eigenvalue weighted by molar-refractivity contribution is 0.101. The maximum absolute atomic E-state index is 12.1. The zero-order valence-corrected chi connectivity index (χ0v) is 18.4. The minimum Gasteiger partial charge on any atom is -0.492 e. The molecule has 6 heteroatoms. The van der Waals surface area contributed by atoms with E-state index in [-0.39, 0.29) is 27.6 Å². The summed E-state index contributed by atoms with van der Waals surface area (Å²) in [5.74, 6) is 1.27. The molecule has 0 amide bonds. The molecule has 0 atom stereocenters. The van der Waals surface area contributed by atoms with Crippen LogP contribution in [0.2, 0.25) is 0 Å². The number of halogens is 2. The van der Waals surface area contributed by atoms with Gasteiger partial charge in [0.25, 0.3) is 0 Å². The Morgan fingerprint density at radius 2 is 1.26 bits per heavy atom. The molecule has 0 bridgehead atoms. The van der Waals surface area contributed by atoms with Crippen molar-refractivity contribution >= 4 is 43.4 Å². The van der Waals surface area contributed by atoms with Crippen LogP contribution in [0, 0.1) is 5.41 Å². The molecule has 2 aromatic carbocycles. The first-order valence-electron chi connectivity index (χ1n) is 8.57. The highest BCUT2D eigenvalue weighted by molar-refractivity contribution is 9.09. The van der Waals surface area contributed by atoms with Crippen molar-refractivity contribution < 1.29 is 19.1 Å². The molecule has 0 saturated heterocycles. The van der Waals surface area contributed by atoms with Crippen molar-refractivity contribution in [2.24, 2.45) is 5.41 Å². The normalized spacial score (nSPS) is 15.1. The highest BCUT2D eigenvalue weighted by atomic mass is 79.9. The standard InChI is InChI=1S/C21H20Br2O4/c1-21(2)11-26-19-7-13(17(24)9-22)3-5-15(19)16-6-4-14(18(25)10-23)8-20(16)27-12-21/h3-8H,9-12H2,1-2H3. The average Bonchev–Trinajstić information content (AvgIpc) is 2.73. The van der Waals surface area contributed by atoms with Crippen LogP contribution in [0.25, 0.3) is 11.1 Å². The summed E-state index contributed by atoms with van der Waals surface area (Å²) >= 11 is 6.43. The summed E-state index contributed by atoms with van der Waals surface area (Å²) < 4.78 is 12.2. The lowest BCUT2D eigenvalue weighted by Gasteiger charge is -2.24. The number of fused-ring (bicyclic) bond motifs is 3. The van der Waals surface area contributed by atoms with Crippen molar-refractivity contribution in [2.45, 2.75) is 13.8 Å². The first kappa shape index (κ1) is 20.1. The Morgan fingerprint density at radius 1 is 0.852 bits per heavy atom. The Balaban J connectivity index is 2.16. The van der Waals surface area contributed by atoms with E-state index < -0.39 is 0 Å². The van der Waals surface area contributed by atoms with Gasteiger partial charge in [0.15, 0.2) is 11.6 Å². The molecule has 1 aliphatic heterocycles. The summed E-state index contributed by atoms with van der Waals surface area (Å²) in [6.45, 7) is 5.01. The molecule has 27 heavy (non-hydrogen) atoms. The van der Waals surface area contributed by atoms with Gasteiger partial charge in [-0.25, -0.2) is 0 Å². The number of hydrogen-bond donors (Lipinski definition) is 0. The van der Waals surface area contributed by atoms with Crippen LogP contribution in [0.3, 0.4) is 0 Å². The number of rotatable bonds is 4. The monoisotopic (exact) mass is 494 g/mol. The van der Waals surface area contributed by atoms with Crippen molar-refractivity contribution in [3.8, 4) is 22.6 Å². The lowest BCUT2D eigenvalue weighted by atomic mass is 9.96. The van der Waals surface area contributed by atoms with Gasteiger partial charge < -0.3 is 9.47 Å². The summed E-state index contributed by atoms with van der Waals surface area (Å²) in [7, 11) is 0. The van der Waals surface area contributed by atoms with Crippen LogP contribution in [0.4, 0.5) is 0 Å². The molecule has 3 rings (SSSR count). The Bertz CT molecular complexity index is 818. The maximum atomic E-state index is 12.1. The molecule has 0 aliphatic carbocycles. The van der Waals surface area contributed by atoms with Gasteiger partial charge in [0.1, 0.15) is 11.5 Å². The number of benzene rings is 2. The van der Waals surface area contributed by atoms with Crippen molar-refractivity contribution in [1.29, 1.82) is 0 Å². The van der Waals surface area contributed by atoms with Crippen molar-refractivity contribution in [3.63, 3.8) is 0 Å². The molecule has 4 nitrogen and oxygen atoms in total. The van der Waals surface area contributed by atoms with Gasteiger partial charge in [0.2, 0.25) is 0 Å². The number of ketones is 2. The predicted molar refractivity (Wildman–Crippen MR) is 113 cm³/mol. The molecule has 0 aromatic heterocycles. The topological polar surface area (TPSA) is 52.6 Å². The van der Waals surface area contributed by atoms with Gasteiger partial charge in [0.05, 0.1) is 23.9 Å². The quantitative estimate of drug-likeness (QED) is 0.426. The van der Waals surface area contributed by atoms with Gasteiger partial charge in [-0.05, 0) is 24.3 Å². The number of carbonyl (C=O) groups excluding carboxylic acids is 2. The van der Waals surface area contributed by atoms with Crippen LogP contribution >= 0.6 is 31.9 Å². The third-order valence-corrected chi connectivity index (χ3v) is 5.40. The van der Waals surface area contributed by atoms with Crippen LogP contribution in [0.15, 0.2) is 36.4 Å². The predicted octanol–water partition coefficient (Wildman–Crippen LogP) is 5.31. The molecule has 0 unspecified atom stereocenters. The minimum absolute atomic E-state index is 0.00438. The van der Waals surface area contributed by atoms with E-state index in [2.05, 4.69) is 45.7 Å². The van der Waals surface area contributed by atoms with Crippen molar-refractivity contribution in [3.05, 3.63) is 47.5 Å². The van der Waals surface area contributed by atoms with Crippen molar-refractivity contribution in [2.75, 3.05) is 23.9 Å². The third-order valence-electron chi connectivity index (χ3n) is 4.38. The third kappa shape index (κ3) is 4.43. The van der Waals surface area contributed by atoms with E-state index in [0.717, 1.165) is 11.1 Å². The summed E-state index contributed by atoms with van der Waals surface area (Å²) in [5.41, 5.74) is 2.63. The molecule has 0 spiro atoms. The van der Waals surface area contributed by atoms with Crippen LogP contribution in [-0.2, 0) is 0 Å². The van der Waals surface area contributed by atoms with E-state index in [1.165, 1.54) is 0 Å². The molecule has 1 aliphatic rings. The van der Waals surface area contributed by atoms with Crippen LogP contribution < -0.4 is 9.47 Å². The van der Waals surface area contributed by atoms with Gasteiger partial charge in [-0.3, -0.25) is 9.59 Å². The van der Waals surface area contributed by atoms with Crippen LogP contribution in [0.5, 0.6) is 11.5 Å². The van der Waals surface area contributed by atoms with Crippen LogP contribution in [-0.4, -0.2) is 35.4 Å². The van der Waals surface area contributed by atoms with Gasteiger partial charge >= 0.3 is 0 Å². The van der Waals surface area contributed by atoms with Gasteiger partial charge in [0, 0.05) is 27.7 Å². The molecule has 142 valence electrons. The average molecular weight is 496 g/mol. The molecular formula is C21H20Br2O4. The molecule has 0 N–H and O–H groups in total. The van der Waals surface area contributed by atoms with E-state index in [4.69, 9.17) is 9.47 Å². The minimum atomic E-state index is -0.232. The Kier molecular flexibility index (Phi) is 6.06. The molecule has 0 saturated carbocycles. The molecule has 0 radical (unpaired) electrons. The summed E-state index contributed by atoms with van der Waals surface area (Å²) in [4.78, 5) is 24.2. The van der Waals surface area contributed by atoms with E-state index in [1.54, 1.807) is 24.3 Å². The van der Waals surface area contributed by atoms with E-state index in [0.29, 0.717) is 35.8 Å². The highest BCUT2D eigenvalue weighted by Gasteiger charge is 2.25. The Hall–Kier alpha value is -1.66. The SMILES string of the molecule is CC1(C)COc2cc(C(=O)CBr)ccc2-c2ccc(C(=O)CBr)cc2OC1. The molecule has 0 fully saturated rings. The van der Waals surface area contributed by atoms with E-state index in [9.17, 15) is 9.59 Å². The summed E-state index contributed by atoms with van der Waals surface area (Å²) in [6, 6.07) is 10.9. The number of alkyl halides is 2. The zero-order chi connectivity index (χ0) is 19.6. The first-order valence-corrected chi connectivity index (χ1v) is 10.8. The smallest absolute Gasteiger partial charge is 0.173 e. The Labute approximate surface area is 175 Å². The summed E-state index contributed by atoms with van der Waals surface area (Å²) in [6.07, 6.45) is 0. The van der Waals surface area contributed by atoms with E-state index >= 15 is 0 Å². The van der Waals surface area contributed by atoms with Crippen molar-refractivity contribution in [1.82, 2.24) is 0 Å². The fraction of sp³-hybridized carbons (Fsp3) is 0.333. The highest BCUT2D eigenvalue weighted by Crippen LogP contribution is 2.40. The zero-order valence-electron chi connectivity index (χ0n) is 15.2. The van der Waals surface area contributed by atoms with Crippen LogP contribution in [0.1, 0.15) is 34.6 Å². The van der Waals surface area contributed by atoms with Gasteiger partial charge in [-0.15, -0.1) is 0 Å².